The zero-order valence-electron chi connectivity index (χ0n) is 9.53. The maximum absolute atomic E-state index is 12.3. The standard InChI is InChI=1S/C12H15F2NO2/c1-17-11(16)6-10(7-15)8-2-4-9(5-3-8)12(13)14/h2-5,10,12H,6-7,15H2,1H3. The lowest BCUT2D eigenvalue weighted by atomic mass is 9.95. The normalized spacial score (nSPS) is 12.5. The third-order valence-electron chi connectivity index (χ3n) is 2.59. The minimum atomic E-state index is -2.49. The molecule has 0 aromatic heterocycles. The van der Waals surface area contributed by atoms with Gasteiger partial charge in [-0.3, -0.25) is 4.79 Å². The van der Waals surface area contributed by atoms with Gasteiger partial charge >= 0.3 is 5.97 Å². The molecule has 1 aromatic carbocycles. The SMILES string of the molecule is COC(=O)CC(CN)c1ccc(C(F)F)cc1. The number of nitrogens with two attached hydrogens (primary N) is 1. The van der Waals surface area contributed by atoms with E-state index in [4.69, 9.17) is 5.73 Å². The van der Waals surface area contributed by atoms with Crippen molar-refractivity contribution in [1.82, 2.24) is 0 Å². The van der Waals surface area contributed by atoms with E-state index < -0.39 is 6.43 Å². The van der Waals surface area contributed by atoms with Crippen molar-refractivity contribution >= 4 is 5.97 Å². The van der Waals surface area contributed by atoms with Crippen molar-refractivity contribution in [3.8, 4) is 0 Å². The zero-order valence-corrected chi connectivity index (χ0v) is 9.53. The molecule has 0 heterocycles. The van der Waals surface area contributed by atoms with Gasteiger partial charge in [0.25, 0.3) is 6.43 Å². The number of carbonyl (C=O) groups excluding carboxylic acids is 1. The van der Waals surface area contributed by atoms with Crippen LogP contribution in [0.1, 0.15) is 29.9 Å². The molecule has 5 heteroatoms. The molecule has 1 aromatic rings. The number of halogens is 2. The van der Waals surface area contributed by atoms with E-state index in [2.05, 4.69) is 4.74 Å². The smallest absolute Gasteiger partial charge is 0.306 e. The highest BCUT2D eigenvalue weighted by Crippen LogP contribution is 2.23. The van der Waals surface area contributed by atoms with E-state index in [1.54, 1.807) is 12.1 Å². The van der Waals surface area contributed by atoms with Crippen molar-refractivity contribution in [2.45, 2.75) is 18.8 Å². The van der Waals surface area contributed by atoms with Gasteiger partial charge in [-0.1, -0.05) is 24.3 Å². The van der Waals surface area contributed by atoms with Gasteiger partial charge in [-0.05, 0) is 12.1 Å². The molecule has 0 fully saturated rings. The van der Waals surface area contributed by atoms with Crippen LogP contribution < -0.4 is 5.73 Å². The number of benzene rings is 1. The van der Waals surface area contributed by atoms with Gasteiger partial charge < -0.3 is 10.5 Å². The van der Waals surface area contributed by atoms with E-state index in [0.717, 1.165) is 5.56 Å². The number of hydrogen-bond acceptors (Lipinski definition) is 3. The lowest BCUT2D eigenvalue weighted by Gasteiger charge is -2.14. The third-order valence-corrected chi connectivity index (χ3v) is 2.59. The Morgan fingerprint density at radius 1 is 1.29 bits per heavy atom. The second-order valence-corrected chi connectivity index (χ2v) is 3.68. The number of carbonyl (C=O) groups is 1. The number of hydrogen-bond donors (Lipinski definition) is 1. The van der Waals surface area contributed by atoms with Crippen molar-refractivity contribution in [3.63, 3.8) is 0 Å². The fraction of sp³-hybridized carbons (Fsp3) is 0.417. The predicted octanol–water partition coefficient (Wildman–Crippen LogP) is 2.23. The van der Waals surface area contributed by atoms with Crippen LogP contribution in [0.5, 0.6) is 0 Å². The van der Waals surface area contributed by atoms with E-state index in [1.165, 1.54) is 19.2 Å². The van der Waals surface area contributed by atoms with Crippen LogP contribution in [0.2, 0.25) is 0 Å². The summed E-state index contributed by atoms with van der Waals surface area (Å²) >= 11 is 0. The summed E-state index contributed by atoms with van der Waals surface area (Å²) in [6, 6.07) is 5.84. The monoisotopic (exact) mass is 243 g/mol. The van der Waals surface area contributed by atoms with Gasteiger partial charge in [-0.2, -0.15) is 0 Å². The molecule has 1 unspecified atom stereocenters. The Labute approximate surface area is 98.6 Å². The summed E-state index contributed by atoms with van der Waals surface area (Å²) < 4.78 is 29.2. The average molecular weight is 243 g/mol. The Morgan fingerprint density at radius 3 is 2.24 bits per heavy atom. The van der Waals surface area contributed by atoms with Gasteiger partial charge in [-0.25, -0.2) is 8.78 Å². The molecule has 3 nitrogen and oxygen atoms in total. The maximum Gasteiger partial charge on any atom is 0.306 e. The fourth-order valence-corrected chi connectivity index (χ4v) is 1.54. The maximum atomic E-state index is 12.3. The number of rotatable bonds is 5. The molecule has 94 valence electrons. The van der Waals surface area contributed by atoms with Crippen molar-refractivity contribution in [2.75, 3.05) is 13.7 Å². The summed E-state index contributed by atoms with van der Waals surface area (Å²) in [4.78, 5) is 11.1. The highest BCUT2D eigenvalue weighted by molar-refractivity contribution is 5.70. The van der Waals surface area contributed by atoms with Crippen molar-refractivity contribution in [2.24, 2.45) is 5.73 Å². The molecule has 0 aliphatic carbocycles. The third kappa shape index (κ3) is 3.78. The number of alkyl halides is 2. The Morgan fingerprint density at radius 2 is 1.82 bits per heavy atom. The van der Waals surface area contributed by atoms with E-state index in [1.807, 2.05) is 0 Å². The van der Waals surface area contributed by atoms with Gasteiger partial charge in [0.05, 0.1) is 13.5 Å². The molecule has 0 radical (unpaired) electrons. The molecule has 0 aliphatic heterocycles. The Hall–Kier alpha value is -1.49. The number of esters is 1. The van der Waals surface area contributed by atoms with Crippen LogP contribution in [0, 0.1) is 0 Å². The number of methoxy groups -OCH3 is 1. The minimum Gasteiger partial charge on any atom is -0.469 e. The first-order chi connectivity index (χ1) is 8.08. The summed E-state index contributed by atoms with van der Waals surface area (Å²) in [6.45, 7) is 0.267. The second-order valence-electron chi connectivity index (χ2n) is 3.68. The lowest BCUT2D eigenvalue weighted by Crippen LogP contribution is -2.17. The molecule has 2 N–H and O–H groups in total. The van der Waals surface area contributed by atoms with Gasteiger partial charge in [0, 0.05) is 11.5 Å². The molecule has 0 bridgehead atoms. The molecule has 17 heavy (non-hydrogen) atoms. The minimum absolute atomic E-state index is 0.0393. The van der Waals surface area contributed by atoms with Crippen LogP contribution in [0.4, 0.5) is 8.78 Å². The molecule has 0 saturated carbocycles. The first-order valence-electron chi connectivity index (χ1n) is 5.23. The van der Waals surface area contributed by atoms with Crippen LogP contribution >= 0.6 is 0 Å². The second kappa shape index (κ2) is 6.30. The highest BCUT2D eigenvalue weighted by atomic mass is 19.3. The van der Waals surface area contributed by atoms with Gasteiger partial charge in [0.15, 0.2) is 0 Å². The van der Waals surface area contributed by atoms with Crippen molar-refractivity contribution in [1.29, 1.82) is 0 Å². The average Bonchev–Trinajstić information content (AvgIpc) is 2.35. The van der Waals surface area contributed by atoms with E-state index in [-0.39, 0.29) is 30.4 Å². The lowest BCUT2D eigenvalue weighted by molar-refractivity contribution is -0.141. The highest BCUT2D eigenvalue weighted by Gasteiger charge is 2.15. The molecular weight excluding hydrogens is 228 g/mol. The predicted molar refractivity (Wildman–Crippen MR) is 59.8 cm³/mol. The van der Waals surface area contributed by atoms with Crippen molar-refractivity contribution in [3.05, 3.63) is 35.4 Å². The van der Waals surface area contributed by atoms with Crippen molar-refractivity contribution < 1.29 is 18.3 Å². The molecule has 1 atom stereocenters. The largest absolute Gasteiger partial charge is 0.469 e. The zero-order chi connectivity index (χ0) is 12.8. The van der Waals surface area contributed by atoms with Crippen LogP contribution in [0.15, 0.2) is 24.3 Å². The van der Waals surface area contributed by atoms with E-state index >= 15 is 0 Å². The molecule has 1 rings (SSSR count). The Kier molecular flexibility index (Phi) is 5.03. The Balaban J connectivity index is 2.78. The molecule has 0 spiro atoms. The summed E-state index contributed by atoms with van der Waals surface area (Å²) in [7, 11) is 1.30. The van der Waals surface area contributed by atoms with Gasteiger partial charge in [-0.15, -0.1) is 0 Å². The van der Waals surface area contributed by atoms with Crippen LogP contribution in [0.3, 0.4) is 0 Å². The molecular formula is C12H15F2NO2. The summed E-state index contributed by atoms with van der Waals surface area (Å²) in [5, 5.41) is 0. The summed E-state index contributed by atoms with van der Waals surface area (Å²) in [5.74, 6) is -0.562. The molecule has 0 saturated heterocycles. The van der Waals surface area contributed by atoms with E-state index in [0.29, 0.717) is 0 Å². The first-order valence-corrected chi connectivity index (χ1v) is 5.23. The fourth-order valence-electron chi connectivity index (χ4n) is 1.54. The van der Waals surface area contributed by atoms with Crippen LogP contribution in [0.25, 0.3) is 0 Å². The van der Waals surface area contributed by atoms with Crippen LogP contribution in [-0.2, 0) is 9.53 Å². The molecule has 0 amide bonds. The molecule has 0 aliphatic rings. The Bertz CT molecular complexity index is 365. The van der Waals surface area contributed by atoms with Crippen LogP contribution in [-0.4, -0.2) is 19.6 Å². The van der Waals surface area contributed by atoms with Gasteiger partial charge in [0.2, 0.25) is 0 Å². The number of ether oxygens (including phenoxy) is 1. The quantitative estimate of drug-likeness (QED) is 0.807. The summed E-state index contributed by atoms with van der Waals surface area (Å²) in [6.07, 6.45) is -2.33. The van der Waals surface area contributed by atoms with E-state index in [9.17, 15) is 13.6 Å². The summed E-state index contributed by atoms with van der Waals surface area (Å²) in [5.41, 5.74) is 6.28. The topological polar surface area (TPSA) is 52.3 Å². The first kappa shape index (κ1) is 13.6. The van der Waals surface area contributed by atoms with Gasteiger partial charge in [0.1, 0.15) is 0 Å².